The molecule has 0 radical (unpaired) electrons. The third-order valence-corrected chi connectivity index (χ3v) is 13.6. The van der Waals surface area contributed by atoms with Gasteiger partial charge in [0.05, 0.1) is 19.8 Å². The maximum Gasteiger partial charge on any atom is 0.442 e. The van der Waals surface area contributed by atoms with E-state index >= 15 is 0 Å². The summed E-state index contributed by atoms with van der Waals surface area (Å²) in [6, 6.07) is 13.2. The summed E-state index contributed by atoms with van der Waals surface area (Å²) >= 11 is 0. The first kappa shape index (κ1) is 25.0. The van der Waals surface area contributed by atoms with Crippen molar-refractivity contribution >= 4 is 15.8 Å². The first-order valence-electron chi connectivity index (χ1n) is 10.4. The molecule has 0 aromatic heterocycles. The molecule has 0 saturated heterocycles. The lowest BCUT2D eigenvalue weighted by Gasteiger charge is -2.38. The van der Waals surface area contributed by atoms with Gasteiger partial charge in [-0.2, -0.15) is 0 Å². The fourth-order valence-electron chi connectivity index (χ4n) is 4.04. The van der Waals surface area contributed by atoms with Crippen LogP contribution in [0.5, 0.6) is 0 Å². The maximum absolute atomic E-state index is 13.5. The van der Waals surface area contributed by atoms with E-state index in [1.807, 2.05) is 44.2 Å². The lowest BCUT2D eigenvalue weighted by Crippen LogP contribution is -2.43. The van der Waals surface area contributed by atoms with Gasteiger partial charge in [0.25, 0.3) is 0 Å². The van der Waals surface area contributed by atoms with Crippen LogP contribution >= 0.6 is 7.75 Å². The molecule has 0 aliphatic carbocycles. The van der Waals surface area contributed by atoms with Gasteiger partial charge in [0.1, 0.15) is 8.07 Å². The van der Waals surface area contributed by atoms with Gasteiger partial charge in [-0.15, -0.1) is 5.54 Å². The highest BCUT2D eigenvalue weighted by atomic mass is 31.2. The van der Waals surface area contributed by atoms with Gasteiger partial charge in [-0.1, -0.05) is 71.9 Å². The zero-order chi connectivity index (χ0) is 21.4. The Morgan fingerprint density at radius 2 is 1.39 bits per heavy atom. The summed E-state index contributed by atoms with van der Waals surface area (Å²) in [6.45, 7) is 18.3. The molecule has 0 bridgehead atoms. The molecule has 6 heteroatoms. The smallest absolute Gasteiger partial charge is 0.292 e. The zero-order valence-corrected chi connectivity index (χ0v) is 20.8. The molecule has 4 nitrogen and oxygen atoms in total. The van der Waals surface area contributed by atoms with Gasteiger partial charge in [-0.3, -0.25) is 9.05 Å². The average Bonchev–Trinajstić information content (AvgIpc) is 2.61. The SMILES string of the molecule is CCOP(=O)(OCC)N(C#C[Si](C(C)C)(C(C)C)C(C)C)Cc1ccccc1. The van der Waals surface area contributed by atoms with Crippen LogP contribution in [0.25, 0.3) is 0 Å². The van der Waals surface area contributed by atoms with Crippen molar-refractivity contribution in [2.24, 2.45) is 0 Å². The topological polar surface area (TPSA) is 38.8 Å². The fraction of sp³-hybridized carbons (Fsp3) is 0.636. The molecule has 0 saturated carbocycles. The molecule has 1 aromatic rings. The first-order chi connectivity index (χ1) is 13.1. The molecular weight excluding hydrogens is 385 g/mol. The molecule has 0 aliphatic rings. The van der Waals surface area contributed by atoms with Gasteiger partial charge in [-0.25, -0.2) is 9.24 Å². The van der Waals surface area contributed by atoms with Gasteiger partial charge in [0.2, 0.25) is 0 Å². The standard InChI is InChI=1S/C22H38NO3PSi/c1-9-25-27(24,26-10-2)23(18-22-14-12-11-13-15-22)16-17-28(19(3)4,20(5)6)21(7)8/h11-15,19-21H,9-10,18H2,1-8H3. The van der Waals surface area contributed by atoms with Crippen LogP contribution in [0.2, 0.25) is 16.6 Å². The lowest BCUT2D eigenvalue weighted by atomic mass is 10.2. The van der Waals surface area contributed by atoms with E-state index in [-0.39, 0.29) is 0 Å². The van der Waals surface area contributed by atoms with E-state index in [2.05, 4.69) is 53.1 Å². The highest BCUT2D eigenvalue weighted by Crippen LogP contribution is 2.52. The highest BCUT2D eigenvalue weighted by molar-refractivity contribution is 7.51. The van der Waals surface area contributed by atoms with E-state index in [1.165, 1.54) is 0 Å². The molecule has 0 heterocycles. The molecule has 0 N–H and O–H groups in total. The van der Waals surface area contributed by atoms with Gasteiger partial charge < -0.3 is 0 Å². The molecular formula is C22H38NO3PSi. The molecule has 0 spiro atoms. The Bertz CT molecular complexity index is 663. The van der Waals surface area contributed by atoms with E-state index in [4.69, 9.17) is 9.05 Å². The van der Waals surface area contributed by atoms with E-state index in [9.17, 15) is 4.57 Å². The summed E-state index contributed by atoms with van der Waals surface area (Å²) in [7, 11) is -5.46. The van der Waals surface area contributed by atoms with Crippen molar-refractivity contribution in [1.82, 2.24) is 4.67 Å². The maximum atomic E-state index is 13.5. The van der Waals surface area contributed by atoms with Crippen LogP contribution in [-0.2, 0) is 20.2 Å². The minimum atomic E-state index is -3.49. The van der Waals surface area contributed by atoms with Crippen molar-refractivity contribution in [3.63, 3.8) is 0 Å². The number of hydrogen-bond acceptors (Lipinski definition) is 3. The second-order valence-electron chi connectivity index (χ2n) is 7.98. The second-order valence-corrected chi connectivity index (χ2v) is 15.5. The molecule has 0 unspecified atom stereocenters. The van der Waals surface area contributed by atoms with E-state index in [1.54, 1.807) is 4.67 Å². The second kappa shape index (κ2) is 11.2. The fourth-order valence-corrected chi connectivity index (χ4v) is 10.8. The van der Waals surface area contributed by atoms with Crippen molar-refractivity contribution < 1.29 is 13.6 Å². The Morgan fingerprint density at radius 1 is 0.929 bits per heavy atom. The Morgan fingerprint density at radius 3 is 1.79 bits per heavy atom. The Kier molecular flexibility index (Phi) is 10.0. The number of benzene rings is 1. The van der Waals surface area contributed by atoms with Crippen LogP contribution < -0.4 is 0 Å². The van der Waals surface area contributed by atoms with Crippen LogP contribution in [0.4, 0.5) is 0 Å². The highest BCUT2D eigenvalue weighted by Gasteiger charge is 2.42. The van der Waals surface area contributed by atoms with E-state index in [0.717, 1.165) is 5.56 Å². The van der Waals surface area contributed by atoms with Gasteiger partial charge >= 0.3 is 7.75 Å². The van der Waals surface area contributed by atoms with Gasteiger partial charge in [0, 0.05) is 6.04 Å². The molecule has 28 heavy (non-hydrogen) atoms. The van der Waals surface area contributed by atoms with E-state index < -0.39 is 15.8 Å². The number of nitrogens with zero attached hydrogens (tertiary/aromatic N) is 1. The Balaban J connectivity index is 3.47. The van der Waals surface area contributed by atoms with Crippen molar-refractivity contribution in [1.29, 1.82) is 0 Å². The molecule has 0 atom stereocenters. The normalized spacial score (nSPS) is 12.4. The van der Waals surface area contributed by atoms with Crippen molar-refractivity contribution in [3.8, 4) is 11.6 Å². The summed E-state index contributed by atoms with van der Waals surface area (Å²) in [5, 5.41) is 0. The van der Waals surface area contributed by atoms with Crippen molar-refractivity contribution in [3.05, 3.63) is 35.9 Å². The predicted molar refractivity (Wildman–Crippen MR) is 122 cm³/mol. The van der Waals surface area contributed by atoms with Crippen LogP contribution in [0, 0.1) is 11.6 Å². The zero-order valence-electron chi connectivity index (χ0n) is 18.9. The van der Waals surface area contributed by atoms with Crippen LogP contribution in [-0.4, -0.2) is 26.0 Å². The third-order valence-electron chi connectivity index (χ3n) is 5.32. The Hall–Kier alpha value is -1.05. The predicted octanol–water partition coefficient (Wildman–Crippen LogP) is 6.85. The quantitative estimate of drug-likeness (QED) is 0.179. The van der Waals surface area contributed by atoms with E-state index in [0.29, 0.717) is 36.4 Å². The number of rotatable bonds is 10. The summed E-state index contributed by atoms with van der Waals surface area (Å²) in [4.78, 5) is 0. The van der Waals surface area contributed by atoms with Crippen LogP contribution in [0.3, 0.4) is 0 Å². The summed E-state index contributed by atoms with van der Waals surface area (Å²) in [5.74, 6) is 0. The molecule has 0 fully saturated rings. The third kappa shape index (κ3) is 5.97. The van der Waals surface area contributed by atoms with Crippen molar-refractivity contribution in [2.45, 2.75) is 78.6 Å². The van der Waals surface area contributed by atoms with Gasteiger partial charge in [-0.05, 0) is 36.0 Å². The minimum Gasteiger partial charge on any atom is -0.292 e. The summed E-state index contributed by atoms with van der Waals surface area (Å²) < 4.78 is 26.4. The Labute approximate surface area is 173 Å². The largest absolute Gasteiger partial charge is 0.442 e. The number of hydrogen-bond donors (Lipinski definition) is 0. The molecule has 1 aromatic carbocycles. The monoisotopic (exact) mass is 423 g/mol. The molecule has 0 aliphatic heterocycles. The van der Waals surface area contributed by atoms with Gasteiger partial charge in [0.15, 0.2) is 0 Å². The van der Waals surface area contributed by atoms with Crippen LogP contribution in [0.1, 0.15) is 61.0 Å². The molecule has 158 valence electrons. The summed E-state index contributed by atoms with van der Waals surface area (Å²) in [6.07, 6.45) is 0. The minimum absolute atomic E-state index is 0.311. The van der Waals surface area contributed by atoms with Crippen LogP contribution in [0.15, 0.2) is 30.3 Å². The summed E-state index contributed by atoms with van der Waals surface area (Å²) in [5.41, 5.74) is 6.18. The van der Waals surface area contributed by atoms with Crippen molar-refractivity contribution in [2.75, 3.05) is 13.2 Å². The first-order valence-corrected chi connectivity index (χ1v) is 14.1. The lowest BCUT2D eigenvalue weighted by molar-refractivity contribution is 0.184. The molecule has 0 amide bonds. The average molecular weight is 424 g/mol. The molecule has 1 rings (SSSR count).